The maximum absolute atomic E-state index is 11.5. The maximum Gasteiger partial charge on any atom is 0.505 e. The average molecular weight is 270 g/mol. The van der Waals surface area contributed by atoms with Gasteiger partial charge in [-0.05, 0) is 16.5 Å². The molecule has 5 nitrogen and oxygen atoms in total. The van der Waals surface area contributed by atoms with Crippen LogP contribution in [-0.2, 0) is 15.8 Å². The van der Waals surface area contributed by atoms with Crippen LogP contribution in [0.15, 0.2) is 30.3 Å². The molecule has 0 aliphatic heterocycles. The molecule has 18 heavy (non-hydrogen) atoms. The molecule has 0 aromatic heterocycles. The maximum atomic E-state index is 11.5. The summed E-state index contributed by atoms with van der Waals surface area (Å²) in [5, 5.41) is 10.0. The number of amides is 1. The number of rotatable bonds is 7. The third kappa shape index (κ3) is 5.87. The number of hydrogen-bond donors (Lipinski definition) is 2. The minimum Gasteiger partial charge on any atom is -0.286 e. The Kier molecular flexibility index (Phi) is 6.50. The Morgan fingerprint density at radius 1 is 1.28 bits per heavy atom. The number of carbonyl (C=O) groups is 1. The van der Waals surface area contributed by atoms with E-state index in [1.807, 2.05) is 30.3 Å². The number of nitrogens with zero attached hydrogens (tertiary/aromatic N) is 1. The summed E-state index contributed by atoms with van der Waals surface area (Å²) in [6.45, 7) is 0.0925. The molecule has 1 amide bonds. The first-order valence-electron chi connectivity index (χ1n) is 5.76. The van der Waals surface area contributed by atoms with E-state index in [0.29, 0.717) is 17.9 Å². The summed E-state index contributed by atoms with van der Waals surface area (Å²) in [4.78, 5) is 20.1. The first kappa shape index (κ1) is 14.8. The highest BCUT2D eigenvalue weighted by Crippen LogP contribution is 2.13. The van der Waals surface area contributed by atoms with Crippen LogP contribution in [0.2, 0.25) is 0 Å². The molecule has 1 aromatic carbocycles. The Hall–Kier alpha value is -1.29. The largest absolute Gasteiger partial charge is 0.505 e. The van der Waals surface area contributed by atoms with Crippen molar-refractivity contribution >= 4 is 13.9 Å². The van der Waals surface area contributed by atoms with Gasteiger partial charge in [-0.2, -0.15) is 4.89 Å². The predicted octanol–water partition coefficient (Wildman–Crippen LogP) is 1.96. The summed E-state index contributed by atoms with van der Waals surface area (Å²) in [5.41, 5.74) is 1.04. The highest BCUT2D eigenvalue weighted by atomic mass is 31.1. The summed E-state index contributed by atoms with van der Waals surface area (Å²) in [6, 6.07) is 9.54. The third-order valence-corrected chi connectivity index (χ3v) is 3.18. The van der Waals surface area contributed by atoms with Crippen LogP contribution in [0, 0.1) is 0 Å². The monoisotopic (exact) mass is 270 g/mol. The minimum atomic E-state index is -2.19. The molecule has 0 radical (unpaired) electrons. The second-order valence-corrected chi connectivity index (χ2v) is 5.08. The zero-order valence-corrected chi connectivity index (χ0v) is 10.9. The van der Waals surface area contributed by atoms with Gasteiger partial charge < -0.3 is 0 Å². The van der Waals surface area contributed by atoms with E-state index in [-0.39, 0.29) is 25.0 Å². The van der Waals surface area contributed by atoms with Crippen LogP contribution in [0.1, 0.15) is 18.4 Å². The number of carbonyl (C=O) groups excluding carboxylic acids is 1. The Bertz CT molecular complexity index is 396. The lowest BCUT2D eigenvalue weighted by Crippen LogP contribution is -2.28. The summed E-state index contributed by atoms with van der Waals surface area (Å²) in [7, 11) is -2.19. The molecule has 6 heteroatoms. The van der Waals surface area contributed by atoms with E-state index in [4.69, 9.17) is 4.89 Å². The van der Waals surface area contributed by atoms with Gasteiger partial charge in [0.15, 0.2) is 6.16 Å². The van der Waals surface area contributed by atoms with Gasteiger partial charge in [-0.3, -0.25) is 10.0 Å². The van der Waals surface area contributed by atoms with E-state index < -0.39 is 8.03 Å². The van der Waals surface area contributed by atoms with E-state index in [1.165, 1.54) is 0 Å². The second-order valence-electron chi connectivity index (χ2n) is 3.93. The number of aryl methyl sites for hydroxylation is 1. The molecule has 0 aliphatic carbocycles. The van der Waals surface area contributed by atoms with Crippen LogP contribution in [0.4, 0.5) is 0 Å². The van der Waals surface area contributed by atoms with Gasteiger partial charge in [-0.25, -0.2) is 5.06 Å². The standard InChI is InChI=1S/C12H16NO4P/c14-12(13(15)9-4-10-18(16)17)8-7-11-5-2-1-3-6-11/h1-3,5-6,15H,4,7-10H2/p+1. The fourth-order valence-electron chi connectivity index (χ4n) is 1.51. The fraction of sp³-hybridized carbons (Fsp3) is 0.417. The van der Waals surface area contributed by atoms with Crippen molar-refractivity contribution in [1.29, 1.82) is 0 Å². The summed E-state index contributed by atoms with van der Waals surface area (Å²) < 4.78 is 10.4. The molecule has 98 valence electrons. The quantitative estimate of drug-likeness (QED) is 0.451. The van der Waals surface area contributed by atoms with Gasteiger partial charge in [0.05, 0.1) is 6.54 Å². The van der Waals surface area contributed by atoms with Crippen molar-refractivity contribution in [3.63, 3.8) is 0 Å². The van der Waals surface area contributed by atoms with Crippen molar-refractivity contribution in [3.8, 4) is 0 Å². The van der Waals surface area contributed by atoms with E-state index in [0.717, 1.165) is 5.56 Å². The van der Waals surface area contributed by atoms with Gasteiger partial charge >= 0.3 is 8.03 Å². The zero-order valence-electron chi connectivity index (χ0n) is 10.0. The molecular weight excluding hydrogens is 253 g/mol. The Morgan fingerprint density at radius 2 is 1.94 bits per heavy atom. The van der Waals surface area contributed by atoms with Crippen molar-refractivity contribution in [2.75, 3.05) is 12.7 Å². The molecule has 0 spiro atoms. The normalized spacial score (nSPS) is 11.1. The van der Waals surface area contributed by atoms with Crippen molar-refractivity contribution in [2.45, 2.75) is 19.3 Å². The summed E-state index contributed by atoms with van der Waals surface area (Å²) in [6.07, 6.45) is 1.22. The SMILES string of the molecule is O=C(CCc1ccccc1)N(O)CCC[P+](=O)O. The molecule has 0 aliphatic rings. The molecule has 0 saturated carbocycles. The van der Waals surface area contributed by atoms with Crippen molar-refractivity contribution in [1.82, 2.24) is 5.06 Å². The summed E-state index contributed by atoms with van der Waals surface area (Å²) >= 11 is 0. The first-order chi connectivity index (χ1) is 8.59. The number of hydroxylamine groups is 2. The van der Waals surface area contributed by atoms with E-state index in [2.05, 4.69) is 0 Å². The van der Waals surface area contributed by atoms with Crippen molar-refractivity contribution < 1.29 is 19.5 Å². The Balaban J connectivity index is 2.25. The van der Waals surface area contributed by atoms with Crippen LogP contribution in [0.25, 0.3) is 0 Å². The lowest BCUT2D eigenvalue weighted by Gasteiger charge is -2.13. The molecule has 1 aromatic rings. The second kappa shape index (κ2) is 7.93. The average Bonchev–Trinajstić information content (AvgIpc) is 2.36. The molecule has 1 atom stereocenters. The highest BCUT2D eigenvalue weighted by molar-refractivity contribution is 7.37. The number of hydrogen-bond acceptors (Lipinski definition) is 3. The molecule has 1 rings (SSSR count). The van der Waals surface area contributed by atoms with E-state index in [1.54, 1.807) is 0 Å². The fourth-order valence-corrected chi connectivity index (χ4v) is 1.92. The summed E-state index contributed by atoms with van der Waals surface area (Å²) in [5.74, 6) is -0.369. The zero-order chi connectivity index (χ0) is 13.4. The molecule has 1 unspecified atom stereocenters. The van der Waals surface area contributed by atoms with Crippen LogP contribution in [0.3, 0.4) is 0 Å². The van der Waals surface area contributed by atoms with Crippen molar-refractivity contribution in [2.24, 2.45) is 0 Å². The Morgan fingerprint density at radius 3 is 2.56 bits per heavy atom. The molecule has 0 heterocycles. The van der Waals surface area contributed by atoms with Gasteiger partial charge in [-0.15, -0.1) is 0 Å². The first-order valence-corrected chi connectivity index (χ1v) is 7.16. The van der Waals surface area contributed by atoms with E-state index in [9.17, 15) is 14.6 Å². The van der Waals surface area contributed by atoms with Crippen LogP contribution in [0.5, 0.6) is 0 Å². The van der Waals surface area contributed by atoms with Gasteiger partial charge in [0.2, 0.25) is 5.91 Å². The molecule has 2 N–H and O–H groups in total. The lowest BCUT2D eigenvalue weighted by atomic mass is 10.1. The Labute approximate surface area is 107 Å². The smallest absolute Gasteiger partial charge is 0.286 e. The number of benzene rings is 1. The molecule has 0 bridgehead atoms. The lowest BCUT2D eigenvalue weighted by molar-refractivity contribution is -0.165. The van der Waals surface area contributed by atoms with Gasteiger partial charge in [0.25, 0.3) is 0 Å². The highest BCUT2D eigenvalue weighted by Gasteiger charge is 2.14. The van der Waals surface area contributed by atoms with E-state index >= 15 is 0 Å². The van der Waals surface area contributed by atoms with Gasteiger partial charge in [0, 0.05) is 12.8 Å². The van der Waals surface area contributed by atoms with Gasteiger partial charge in [0.1, 0.15) is 0 Å². The topological polar surface area (TPSA) is 77.8 Å². The van der Waals surface area contributed by atoms with Crippen LogP contribution in [-0.4, -0.2) is 33.8 Å². The van der Waals surface area contributed by atoms with Gasteiger partial charge in [-0.1, -0.05) is 30.3 Å². The predicted molar refractivity (Wildman–Crippen MR) is 67.6 cm³/mol. The molecular formula is C12H17NO4P+. The minimum absolute atomic E-state index is 0.0925. The van der Waals surface area contributed by atoms with Crippen LogP contribution >= 0.6 is 8.03 Å². The molecule has 0 fully saturated rings. The van der Waals surface area contributed by atoms with Crippen molar-refractivity contribution in [3.05, 3.63) is 35.9 Å². The third-order valence-electron chi connectivity index (χ3n) is 2.48. The van der Waals surface area contributed by atoms with Crippen LogP contribution < -0.4 is 0 Å². The molecule has 0 saturated heterocycles.